The summed E-state index contributed by atoms with van der Waals surface area (Å²) in [7, 11) is -4.09. The molecule has 0 fully saturated rings. The van der Waals surface area contributed by atoms with Gasteiger partial charge in [0, 0.05) is 12.0 Å². The highest BCUT2D eigenvalue weighted by atomic mass is 32.2. The molecule has 1 atom stereocenters. The van der Waals surface area contributed by atoms with Gasteiger partial charge in [0.15, 0.2) is 15.1 Å². The van der Waals surface area contributed by atoms with Gasteiger partial charge in [0.05, 0.1) is 16.5 Å². The van der Waals surface area contributed by atoms with Crippen molar-refractivity contribution in [2.75, 3.05) is 0 Å². The number of carbonyl (C=O) groups is 1. The first-order valence-corrected chi connectivity index (χ1v) is 8.50. The van der Waals surface area contributed by atoms with E-state index < -0.39 is 21.1 Å². The molecule has 120 valence electrons. The van der Waals surface area contributed by atoms with E-state index in [9.17, 15) is 18.3 Å². The molecule has 1 N–H and O–H groups in total. The van der Waals surface area contributed by atoms with Crippen LogP contribution in [0.2, 0.25) is 0 Å². The lowest BCUT2D eigenvalue weighted by atomic mass is 10.2. The zero-order valence-corrected chi connectivity index (χ0v) is 13.3. The summed E-state index contributed by atoms with van der Waals surface area (Å²) in [5.74, 6) is 3.91. The van der Waals surface area contributed by atoms with E-state index in [0.29, 0.717) is 11.1 Å². The number of carboxylic acids is 1. The Morgan fingerprint density at radius 1 is 1.04 bits per heavy atom. The van der Waals surface area contributed by atoms with E-state index in [1.165, 1.54) is 24.3 Å². The summed E-state index contributed by atoms with van der Waals surface area (Å²) in [4.78, 5) is 11.2. The molecule has 0 aromatic heterocycles. The molecule has 2 aromatic rings. The van der Waals surface area contributed by atoms with Crippen molar-refractivity contribution in [3.8, 4) is 17.9 Å². The lowest BCUT2D eigenvalue weighted by molar-refractivity contribution is -0.136. The number of hydrogen-bond acceptors (Lipinski definition) is 4. The molecule has 1 unspecified atom stereocenters. The third-order valence-corrected chi connectivity index (χ3v) is 5.30. The quantitative estimate of drug-likeness (QED) is 0.862. The first-order valence-electron chi connectivity index (χ1n) is 6.96. The molecule has 5 nitrogen and oxygen atoms in total. The third kappa shape index (κ3) is 4.01. The normalized spacial score (nSPS) is 11.6. The van der Waals surface area contributed by atoms with Gasteiger partial charge < -0.3 is 5.11 Å². The molecule has 0 spiro atoms. The minimum absolute atomic E-state index is 0.143. The monoisotopic (exact) mass is 339 g/mol. The predicted octanol–water partition coefficient (Wildman–Crippen LogP) is 2.23. The van der Waals surface area contributed by atoms with Crippen LogP contribution in [0.25, 0.3) is 0 Å². The molecule has 0 heterocycles. The second-order valence-electron chi connectivity index (χ2n) is 4.88. The molecule has 0 saturated carbocycles. The van der Waals surface area contributed by atoms with E-state index in [0.717, 1.165) is 0 Å². The van der Waals surface area contributed by atoms with E-state index in [-0.39, 0.29) is 11.3 Å². The molecular formula is C18H13NO4S. The van der Waals surface area contributed by atoms with E-state index in [1.54, 1.807) is 24.3 Å². The van der Waals surface area contributed by atoms with Crippen LogP contribution < -0.4 is 0 Å². The van der Waals surface area contributed by atoms with E-state index in [1.807, 2.05) is 12.1 Å². The fourth-order valence-corrected chi connectivity index (χ4v) is 3.39. The Kier molecular flexibility index (Phi) is 5.36. The van der Waals surface area contributed by atoms with Crippen LogP contribution >= 0.6 is 0 Å². The molecular weight excluding hydrogens is 326 g/mol. The maximum Gasteiger partial charge on any atom is 0.323 e. The first-order chi connectivity index (χ1) is 11.4. The Morgan fingerprint density at radius 2 is 1.67 bits per heavy atom. The van der Waals surface area contributed by atoms with Gasteiger partial charge in [-0.15, -0.1) is 0 Å². The molecule has 2 rings (SSSR count). The number of benzene rings is 2. The third-order valence-electron chi connectivity index (χ3n) is 3.26. The lowest BCUT2D eigenvalue weighted by Gasteiger charge is -2.11. The fourth-order valence-electron chi connectivity index (χ4n) is 1.98. The summed E-state index contributed by atoms with van der Waals surface area (Å²) in [5.41, 5.74) is 0.974. The molecule has 0 aliphatic carbocycles. The van der Waals surface area contributed by atoms with Gasteiger partial charge in [0.25, 0.3) is 0 Å². The van der Waals surface area contributed by atoms with Crippen LogP contribution in [0.5, 0.6) is 0 Å². The first kappa shape index (κ1) is 17.3. The molecule has 0 saturated heterocycles. The molecule has 6 heteroatoms. The Morgan fingerprint density at radius 3 is 2.21 bits per heavy atom. The van der Waals surface area contributed by atoms with Crippen LogP contribution in [0.1, 0.15) is 17.5 Å². The summed E-state index contributed by atoms with van der Waals surface area (Å²) in [6.07, 6.45) is -0.327. The lowest BCUT2D eigenvalue weighted by Crippen LogP contribution is -2.29. The number of nitriles is 1. The molecule has 2 aromatic carbocycles. The van der Waals surface area contributed by atoms with Crippen LogP contribution in [0, 0.1) is 23.2 Å². The van der Waals surface area contributed by atoms with E-state index >= 15 is 0 Å². The SMILES string of the molecule is N#Cc1ccc(S(=O)(=O)C(CC#Cc2ccccc2)C(=O)O)cc1. The smallest absolute Gasteiger partial charge is 0.323 e. The molecule has 24 heavy (non-hydrogen) atoms. The standard InChI is InChI=1S/C18H13NO4S/c19-13-15-9-11-16(12-10-15)24(22,23)17(18(20)21)8-4-7-14-5-2-1-3-6-14/h1-3,5-6,9-12,17H,8H2,(H,20,21). The molecule has 0 radical (unpaired) electrons. The summed E-state index contributed by atoms with van der Waals surface area (Å²) in [5, 5.41) is 16.3. The maximum absolute atomic E-state index is 12.5. The van der Waals surface area contributed by atoms with Gasteiger partial charge in [-0.2, -0.15) is 5.26 Å². The van der Waals surface area contributed by atoms with Gasteiger partial charge in [0.1, 0.15) is 0 Å². The maximum atomic E-state index is 12.5. The van der Waals surface area contributed by atoms with E-state index in [4.69, 9.17) is 5.26 Å². The van der Waals surface area contributed by atoms with Crippen molar-refractivity contribution in [2.24, 2.45) is 0 Å². The van der Waals surface area contributed by atoms with Gasteiger partial charge in [-0.3, -0.25) is 4.79 Å². The highest BCUT2D eigenvalue weighted by Crippen LogP contribution is 2.19. The van der Waals surface area contributed by atoms with Crippen molar-refractivity contribution >= 4 is 15.8 Å². The van der Waals surface area contributed by atoms with Crippen molar-refractivity contribution in [2.45, 2.75) is 16.6 Å². The van der Waals surface area contributed by atoms with Gasteiger partial charge in [-0.1, -0.05) is 30.0 Å². The summed E-state index contributed by atoms with van der Waals surface area (Å²) in [6, 6.07) is 15.9. The Hall–Kier alpha value is -3.09. The zero-order valence-electron chi connectivity index (χ0n) is 12.5. The number of carboxylic acid groups (broad SMARTS) is 1. The highest BCUT2D eigenvalue weighted by Gasteiger charge is 2.33. The van der Waals surface area contributed by atoms with Gasteiger partial charge in [-0.05, 0) is 36.4 Å². The zero-order chi connectivity index (χ0) is 17.6. The molecule has 0 aliphatic rings. The van der Waals surface area contributed by atoms with Crippen molar-refractivity contribution in [1.82, 2.24) is 0 Å². The van der Waals surface area contributed by atoms with Crippen molar-refractivity contribution in [3.63, 3.8) is 0 Å². The van der Waals surface area contributed by atoms with Crippen molar-refractivity contribution < 1.29 is 18.3 Å². The topological polar surface area (TPSA) is 95.2 Å². The van der Waals surface area contributed by atoms with E-state index in [2.05, 4.69) is 11.8 Å². The minimum atomic E-state index is -4.09. The number of hydrogen-bond donors (Lipinski definition) is 1. The summed E-state index contributed by atoms with van der Waals surface area (Å²) < 4.78 is 25.0. The van der Waals surface area contributed by atoms with Crippen molar-refractivity contribution in [1.29, 1.82) is 5.26 Å². The molecule has 0 amide bonds. The summed E-state index contributed by atoms with van der Waals surface area (Å²) >= 11 is 0. The second-order valence-corrected chi connectivity index (χ2v) is 7.01. The van der Waals surface area contributed by atoms with Crippen LogP contribution in [-0.2, 0) is 14.6 Å². The molecule has 0 bridgehead atoms. The fraction of sp³-hybridized carbons (Fsp3) is 0.111. The number of sulfone groups is 1. The Balaban J connectivity index is 2.27. The van der Waals surface area contributed by atoms with Crippen LogP contribution in [0.15, 0.2) is 59.5 Å². The average molecular weight is 339 g/mol. The van der Waals surface area contributed by atoms with Crippen LogP contribution in [0.4, 0.5) is 0 Å². The average Bonchev–Trinajstić information content (AvgIpc) is 2.59. The predicted molar refractivity (Wildman–Crippen MR) is 87.7 cm³/mol. The number of rotatable bonds is 4. The van der Waals surface area contributed by atoms with Crippen LogP contribution in [0.3, 0.4) is 0 Å². The second kappa shape index (κ2) is 7.45. The number of nitrogens with zero attached hydrogens (tertiary/aromatic N) is 1. The minimum Gasteiger partial charge on any atom is -0.480 e. The highest BCUT2D eigenvalue weighted by molar-refractivity contribution is 7.92. The Bertz CT molecular complexity index is 930. The largest absolute Gasteiger partial charge is 0.480 e. The number of aliphatic carboxylic acids is 1. The molecule has 0 aliphatic heterocycles. The van der Waals surface area contributed by atoms with Gasteiger partial charge >= 0.3 is 5.97 Å². The Labute approximate surface area is 140 Å². The van der Waals surface area contributed by atoms with Crippen LogP contribution in [-0.4, -0.2) is 24.7 Å². The van der Waals surface area contributed by atoms with Crippen molar-refractivity contribution in [3.05, 3.63) is 65.7 Å². The summed E-state index contributed by atoms with van der Waals surface area (Å²) in [6.45, 7) is 0. The van der Waals surface area contributed by atoms with Gasteiger partial charge in [0.2, 0.25) is 0 Å². The van der Waals surface area contributed by atoms with Gasteiger partial charge in [-0.25, -0.2) is 8.42 Å².